The SMILES string of the molecule is COc1ccc(-n2nc(CN=[N+]=[N-])cc2-c2ccccn2)cn1. The lowest BCUT2D eigenvalue weighted by Crippen LogP contribution is -2.01. The van der Waals surface area contributed by atoms with E-state index in [2.05, 4.69) is 25.1 Å². The van der Waals surface area contributed by atoms with E-state index in [0.717, 1.165) is 17.1 Å². The first-order chi connectivity index (χ1) is 11.3. The monoisotopic (exact) mass is 307 g/mol. The zero-order valence-electron chi connectivity index (χ0n) is 12.4. The van der Waals surface area contributed by atoms with E-state index in [-0.39, 0.29) is 6.54 Å². The van der Waals surface area contributed by atoms with Gasteiger partial charge in [0.2, 0.25) is 5.88 Å². The quantitative estimate of drug-likeness (QED) is 0.410. The van der Waals surface area contributed by atoms with Gasteiger partial charge < -0.3 is 4.74 Å². The molecule has 0 spiro atoms. The van der Waals surface area contributed by atoms with Crippen molar-refractivity contribution >= 4 is 0 Å². The van der Waals surface area contributed by atoms with Crippen LogP contribution in [0.1, 0.15) is 5.69 Å². The number of ether oxygens (including phenoxy) is 1. The Hall–Kier alpha value is -3.38. The molecule has 114 valence electrons. The van der Waals surface area contributed by atoms with E-state index in [4.69, 9.17) is 10.3 Å². The van der Waals surface area contributed by atoms with Crippen molar-refractivity contribution in [3.63, 3.8) is 0 Å². The number of aromatic nitrogens is 4. The molecule has 0 unspecified atom stereocenters. The third-order valence-electron chi connectivity index (χ3n) is 3.16. The van der Waals surface area contributed by atoms with Gasteiger partial charge in [0, 0.05) is 17.2 Å². The number of hydrogen-bond acceptors (Lipinski definition) is 5. The number of azide groups is 1. The van der Waals surface area contributed by atoms with Crippen LogP contribution >= 0.6 is 0 Å². The zero-order valence-corrected chi connectivity index (χ0v) is 12.4. The smallest absolute Gasteiger partial charge is 0.213 e. The summed E-state index contributed by atoms with van der Waals surface area (Å²) < 4.78 is 6.79. The summed E-state index contributed by atoms with van der Waals surface area (Å²) >= 11 is 0. The van der Waals surface area contributed by atoms with Crippen molar-refractivity contribution in [1.82, 2.24) is 19.7 Å². The van der Waals surface area contributed by atoms with Crippen molar-refractivity contribution in [3.05, 3.63) is 64.9 Å². The van der Waals surface area contributed by atoms with Crippen LogP contribution in [0.5, 0.6) is 5.88 Å². The predicted molar refractivity (Wildman–Crippen MR) is 84.0 cm³/mol. The lowest BCUT2D eigenvalue weighted by molar-refractivity contribution is 0.397. The Kier molecular flexibility index (Phi) is 4.17. The minimum atomic E-state index is 0.174. The molecule has 0 fully saturated rings. The van der Waals surface area contributed by atoms with Crippen LogP contribution < -0.4 is 4.74 Å². The highest BCUT2D eigenvalue weighted by Crippen LogP contribution is 2.23. The van der Waals surface area contributed by atoms with E-state index in [1.165, 1.54) is 0 Å². The minimum Gasteiger partial charge on any atom is -0.481 e. The summed E-state index contributed by atoms with van der Waals surface area (Å²) in [5.41, 5.74) is 11.5. The maximum absolute atomic E-state index is 8.48. The normalized spacial score (nSPS) is 10.1. The van der Waals surface area contributed by atoms with Crippen molar-refractivity contribution < 1.29 is 4.74 Å². The number of hydrogen-bond donors (Lipinski definition) is 0. The highest BCUT2D eigenvalue weighted by atomic mass is 16.5. The van der Waals surface area contributed by atoms with Crippen molar-refractivity contribution in [2.24, 2.45) is 5.11 Å². The topological polar surface area (TPSA) is 102 Å². The third-order valence-corrected chi connectivity index (χ3v) is 3.16. The fourth-order valence-electron chi connectivity index (χ4n) is 2.12. The molecule has 0 N–H and O–H groups in total. The standard InChI is InChI=1S/C15H13N7O/c1-23-15-6-5-12(10-18-15)22-14(13-4-2-3-7-17-13)8-11(20-22)9-19-21-16/h2-8,10H,9H2,1H3. The molecule has 0 aromatic carbocycles. The van der Waals surface area contributed by atoms with Gasteiger partial charge in [-0.25, -0.2) is 9.67 Å². The molecule has 0 saturated carbocycles. The molecule has 8 heteroatoms. The summed E-state index contributed by atoms with van der Waals surface area (Å²) in [4.78, 5) is 11.3. The molecule has 8 nitrogen and oxygen atoms in total. The van der Waals surface area contributed by atoms with E-state index in [9.17, 15) is 0 Å². The molecule has 3 heterocycles. The zero-order chi connectivity index (χ0) is 16.1. The molecule has 0 amide bonds. The maximum Gasteiger partial charge on any atom is 0.213 e. The van der Waals surface area contributed by atoms with Crippen LogP contribution in [-0.4, -0.2) is 26.9 Å². The Morgan fingerprint density at radius 1 is 1.26 bits per heavy atom. The Bertz CT molecular complexity index is 836. The van der Waals surface area contributed by atoms with Crippen LogP contribution in [0, 0.1) is 0 Å². The molecule has 0 radical (unpaired) electrons. The van der Waals surface area contributed by atoms with E-state index in [1.54, 1.807) is 30.3 Å². The first kappa shape index (κ1) is 14.6. The average molecular weight is 307 g/mol. The van der Waals surface area contributed by atoms with Crippen LogP contribution in [0.25, 0.3) is 27.5 Å². The largest absolute Gasteiger partial charge is 0.481 e. The number of nitrogens with zero attached hydrogens (tertiary/aromatic N) is 7. The Morgan fingerprint density at radius 2 is 2.17 bits per heavy atom. The van der Waals surface area contributed by atoms with E-state index >= 15 is 0 Å². The second-order valence-electron chi connectivity index (χ2n) is 4.60. The molecular weight excluding hydrogens is 294 g/mol. The van der Waals surface area contributed by atoms with Gasteiger partial charge in [-0.1, -0.05) is 11.2 Å². The molecule has 0 bridgehead atoms. The lowest BCUT2D eigenvalue weighted by Gasteiger charge is -2.07. The molecule has 3 aromatic heterocycles. The van der Waals surface area contributed by atoms with Crippen LogP contribution in [-0.2, 0) is 6.54 Å². The molecule has 23 heavy (non-hydrogen) atoms. The number of pyridine rings is 2. The van der Waals surface area contributed by atoms with Crippen LogP contribution in [0.15, 0.2) is 53.9 Å². The first-order valence-corrected chi connectivity index (χ1v) is 6.83. The average Bonchev–Trinajstić information content (AvgIpc) is 3.05. The first-order valence-electron chi connectivity index (χ1n) is 6.83. The van der Waals surface area contributed by atoms with Crippen LogP contribution in [0.2, 0.25) is 0 Å². The summed E-state index contributed by atoms with van der Waals surface area (Å²) in [6.07, 6.45) is 3.38. The summed E-state index contributed by atoms with van der Waals surface area (Å²) in [6.45, 7) is 0.174. The molecule has 3 rings (SSSR count). The molecule has 0 aliphatic rings. The van der Waals surface area contributed by atoms with Gasteiger partial charge in [-0.05, 0) is 29.8 Å². The van der Waals surface area contributed by atoms with Crippen molar-refractivity contribution in [2.45, 2.75) is 6.54 Å². The van der Waals surface area contributed by atoms with E-state index in [0.29, 0.717) is 11.6 Å². The number of methoxy groups -OCH3 is 1. The van der Waals surface area contributed by atoms with Crippen LogP contribution in [0.4, 0.5) is 0 Å². The second-order valence-corrected chi connectivity index (χ2v) is 4.60. The molecular formula is C15H13N7O. The van der Waals surface area contributed by atoms with Gasteiger partial charge in [-0.3, -0.25) is 4.98 Å². The maximum atomic E-state index is 8.48. The minimum absolute atomic E-state index is 0.174. The summed E-state index contributed by atoms with van der Waals surface area (Å²) in [5, 5.41) is 8.04. The highest BCUT2D eigenvalue weighted by Gasteiger charge is 2.12. The Labute approximate surface area is 132 Å². The van der Waals surface area contributed by atoms with E-state index in [1.807, 2.05) is 30.3 Å². The van der Waals surface area contributed by atoms with Crippen molar-refractivity contribution in [3.8, 4) is 23.0 Å². The van der Waals surface area contributed by atoms with Crippen LogP contribution in [0.3, 0.4) is 0 Å². The van der Waals surface area contributed by atoms with E-state index < -0.39 is 0 Å². The molecule has 0 saturated heterocycles. The van der Waals surface area contributed by atoms with Crippen molar-refractivity contribution in [1.29, 1.82) is 0 Å². The van der Waals surface area contributed by atoms with Gasteiger partial charge in [0.15, 0.2) is 0 Å². The summed E-state index contributed by atoms with van der Waals surface area (Å²) in [6, 6.07) is 11.1. The summed E-state index contributed by atoms with van der Waals surface area (Å²) in [5.74, 6) is 0.523. The molecule has 3 aromatic rings. The highest BCUT2D eigenvalue weighted by molar-refractivity contribution is 5.58. The third kappa shape index (κ3) is 3.12. The van der Waals surface area contributed by atoms with Gasteiger partial charge in [0.05, 0.1) is 42.6 Å². The fourth-order valence-corrected chi connectivity index (χ4v) is 2.12. The molecule has 0 aliphatic carbocycles. The van der Waals surface area contributed by atoms with Gasteiger partial charge in [0.25, 0.3) is 0 Å². The van der Waals surface area contributed by atoms with Crippen molar-refractivity contribution in [2.75, 3.05) is 7.11 Å². The summed E-state index contributed by atoms with van der Waals surface area (Å²) in [7, 11) is 1.56. The van der Waals surface area contributed by atoms with Gasteiger partial charge in [-0.2, -0.15) is 5.10 Å². The lowest BCUT2D eigenvalue weighted by atomic mass is 10.2. The second kappa shape index (κ2) is 6.59. The fraction of sp³-hybridized carbons (Fsp3) is 0.133. The molecule has 0 atom stereocenters. The van der Waals surface area contributed by atoms with Gasteiger partial charge >= 0.3 is 0 Å². The Morgan fingerprint density at radius 3 is 2.83 bits per heavy atom. The van der Waals surface area contributed by atoms with Gasteiger partial charge in [-0.15, -0.1) is 0 Å². The predicted octanol–water partition coefficient (Wildman–Crippen LogP) is 3.15. The number of rotatable bonds is 5. The van der Waals surface area contributed by atoms with Gasteiger partial charge in [0.1, 0.15) is 0 Å². The Balaban J connectivity index is 2.09. The molecule has 0 aliphatic heterocycles.